The summed E-state index contributed by atoms with van der Waals surface area (Å²) in [5.74, 6) is -2.64. The predicted octanol–water partition coefficient (Wildman–Crippen LogP) is 2.69. The maximum atomic E-state index is 14.1. The van der Waals surface area contributed by atoms with Crippen LogP contribution in [-0.4, -0.2) is 84.0 Å². The fourth-order valence-corrected chi connectivity index (χ4v) is 6.42. The summed E-state index contributed by atoms with van der Waals surface area (Å²) in [5, 5.41) is 20.8. The normalized spacial score (nSPS) is 19.0. The van der Waals surface area contributed by atoms with Gasteiger partial charge in [-0.3, -0.25) is 24.0 Å². The van der Waals surface area contributed by atoms with E-state index in [-0.39, 0.29) is 17.7 Å². The summed E-state index contributed by atoms with van der Waals surface area (Å²) < 4.78 is 4.52. The minimum atomic E-state index is -1.62. The molecule has 2 fully saturated rings. The zero-order chi connectivity index (χ0) is 32.5. The van der Waals surface area contributed by atoms with Crippen molar-refractivity contribution in [2.24, 2.45) is 11.8 Å². The van der Waals surface area contributed by atoms with Crippen LogP contribution in [0.1, 0.15) is 75.6 Å². The van der Waals surface area contributed by atoms with Crippen LogP contribution in [0.2, 0.25) is 0 Å². The number of aliphatic hydroxyl groups is 1. The lowest BCUT2D eigenvalue weighted by molar-refractivity contribution is -0.144. The standard InChI is InChI=1S/C34H46N4O7/c1-21(2)29(30(40)33(43)35-20-28(39)45-3)37-32(42)27-14-9-17-38(27)34(44)26(18-22-10-5-4-6-11-22)36-31(41)25-16-15-23-12-7-8-13-24(23)19-25/h7-8,12-13,15-16,19,21-22,26-27,29-30,40H,4-6,9-11,14,17-18,20H2,1-3H3,(H,35,43)(H,36,41)(H,37,42)/t26?,27-,29?,30?/m0/s1. The van der Waals surface area contributed by atoms with Crippen molar-refractivity contribution in [1.29, 1.82) is 0 Å². The van der Waals surface area contributed by atoms with Crippen LogP contribution < -0.4 is 16.0 Å². The molecule has 0 radical (unpaired) electrons. The number of hydrogen-bond acceptors (Lipinski definition) is 7. The Morgan fingerprint density at radius 2 is 1.64 bits per heavy atom. The third-order valence-corrected chi connectivity index (χ3v) is 9.02. The van der Waals surface area contributed by atoms with Gasteiger partial charge in [-0.25, -0.2) is 0 Å². The summed E-state index contributed by atoms with van der Waals surface area (Å²) in [7, 11) is 1.19. The molecule has 0 bridgehead atoms. The van der Waals surface area contributed by atoms with Gasteiger partial charge in [-0.2, -0.15) is 0 Å². The third kappa shape index (κ3) is 8.81. The summed E-state index contributed by atoms with van der Waals surface area (Å²) in [6, 6.07) is 10.7. The number of fused-ring (bicyclic) bond motifs is 1. The van der Waals surface area contributed by atoms with Gasteiger partial charge in [0.1, 0.15) is 18.6 Å². The molecule has 244 valence electrons. The second-order valence-electron chi connectivity index (χ2n) is 12.5. The number of methoxy groups -OCH3 is 1. The fourth-order valence-electron chi connectivity index (χ4n) is 6.42. The van der Waals surface area contributed by atoms with Gasteiger partial charge >= 0.3 is 5.97 Å². The number of amides is 4. The lowest BCUT2D eigenvalue weighted by atomic mass is 9.84. The van der Waals surface area contributed by atoms with Gasteiger partial charge in [-0.1, -0.05) is 76.3 Å². The number of aliphatic hydroxyl groups excluding tert-OH is 1. The molecule has 2 aromatic carbocycles. The molecule has 1 aliphatic heterocycles. The van der Waals surface area contributed by atoms with E-state index in [1.165, 1.54) is 12.0 Å². The molecule has 11 nitrogen and oxygen atoms in total. The number of nitrogens with zero attached hydrogens (tertiary/aromatic N) is 1. The van der Waals surface area contributed by atoms with Crippen molar-refractivity contribution in [2.75, 3.05) is 20.2 Å². The van der Waals surface area contributed by atoms with Crippen molar-refractivity contribution in [3.8, 4) is 0 Å². The van der Waals surface area contributed by atoms with E-state index in [1.54, 1.807) is 19.9 Å². The van der Waals surface area contributed by atoms with E-state index in [0.29, 0.717) is 37.3 Å². The number of esters is 1. The van der Waals surface area contributed by atoms with Crippen LogP contribution in [0.5, 0.6) is 0 Å². The Morgan fingerprint density at radius 3 is 2.33 bits per heavy atom. The first kappa shape index (κ1) is 33.9. The molecule has 1 aliphatic carbocycles. The monoisotopic (exact) mass is 622 g/mol. The SMILES string of the molecule is COC(=O)CNC(=O)C(O)C(NC(=O)[C@@H]1CCCN1C(=O)C(CC1CCCCC1)NC(=O)c1ccc2ccccc2c1)C(C)C. The molecule has 4 rings (SSSR count). The first-order chi connectivity index (χ1) is 21.6. The molecule has 1 heterocycles. The maximum absolute atomic E-state index is 14.1. The smallest absolute Gasteiger partial charge is 0.325 e. The Hall–Kier alpha value is -3.99. The van der Waals surface area contributed by atoms with E-state index in [0.717, 1.165) is 42.9 Å². The number of benzene rings is 2. The third-order valence-electron chi connectivity index (χ3n) is 9.02. The molecule has 4 amide bonds. The molecule has 3 unspecified atom stereocenters. The molecule has 2 aliphatic rings. The van der Waals surface area contributed by atoms with E-state index >= 15 is 0 Å². The Kier molecular flexibility index (Phi) is 11.9. The van der Waals surface area contributed by atoms with Crippen molar-refractivity contribution < 1.29 is 33.8 Å². The van der Waals surface area contributed by atoms with E-state index in [4.69, 9.17) is 0 Å². The highest BCUT2D eigenvalue weighted by Crippen LogP contribution is 2.29. The lowest BCUT2D eigenvalue weighted by Crippen LogP contribution is -2.58. The van der Waals surface area contributed by atoms with Crippen LogP contribution in [0, 0.1) is 11.8 Å². The first-order valence-electron chi connectivity index (χ1n) is 16.0. The van der Waals surface area contributed by atoms with Gasteiger partial charge < -0.3 is 30.7 Å². The van der Waals surface area contributed by atoms with Gasteiger partial charge in [-0.15, -0.1) is 0 Å². The van der Waals surface area contributed by atoms with E-state index < -0.39 is 48.6 Å². The van der Waals surface area contributed by atoms with Gasteiger partial charge in [0.2, 0.25) is 11.8 Å². The zero-order valence-electron chi connectivity index (χ0n) is 26.4. The average Bonchev–Trinajstić information content (AvgIpc) is 3.55. The highest BCUT2D eigenvalue weighted by molar-refractivity contribution is 6.01. The number of ether oxygens (including phenoxy) is 1. The molecular weight excluding hydrogens is 576 g/mol. The van der Waals surface area contributed by atoms with Gasteiger partial charge in [0.15, 0.2) is 6.10 Å². The number of carbonyl (C=O) groups excluding carboxylic acids is 5. The molecule has 0 spiro atoms. The van der Waals surface area contributed by atoms with Gasteiger partial charge in [0.05, 0.1) is 13.2 Å². The lowest BCUT2D eigenvalue weighted by Gasteiger charge is -2.33. The van der Waals surface area contributed by atoms with Gasteiger partial charge in [-0.05, 0) is 54.0 Å². The van der Waals surface area contributed by atoms with Crippen molar-refractivity contribution >= 4 is 40.4 Å². The van der Waals surface area contributed by atoms with Crippen LogP contribution in [-0.2, 0) is 23.9 Å². The second kappa shape index (κ2) is 15.8. The molecule has 1 saturated heterocycles. The van der Waals surface area contributed by atoms with Crippen LogP contribution in [0.15, 0.2) is 42.5 Å². The largest absolute Gasteiger partial charge is 0.468 e. The van der Waals surface area contributed by atoms with Crippen molar-refractivity contribution in [1.82, 2.24) is 20.9 Å². The molecule has 45 heavy (non-hydrogen) atoms. The predicted molar refractivity (Wildman–Crippen MR) is 169 cm³/mol. The quantitative estimate of drug-likeness (QED) is 0.266. The molecule has 2 aromatic rings. The fraction of sp³-hybridized carbons (Fsp3) is 0.559. The summed E-state index contributed by atoms with van der Waals surface area (Å²) in [6.45, 7) is 3.45. The van der Waals surface area contributed by atoms with Crippen LogP contribution >= 0.6 is 0 Å². The average molecular weight is 623 g/mol. The molecule has 1 saturated carbocycles. The second-order valence-corrected chi connectivity index (χ2v) is 12.5. The molecular formula is C34H46N4O7. The zero-order valence-corrected chi connectivity index (χ0v) is 26.4. The van der Waals surface area contributed by atoms with E-state index in [9.17, 15) is 29.1 Å². The number of nitrogens with one attached hydrogen (secondary N) is 3. The minimum absolute atomic E-state index is 0.295. The highest BCUT2D eigenvalue weighted by atomic mass is 16.5. The molecule has 0 aromatic heterocycles. The molecule has 4 atom stereocenters. The van der Waals surface area contributed by atoms with Crippen molar-refractivity contribution in [3.05, 3.63) is 48.0 Å². The van der Waals surface area contributed by atoms with Gasteiger partial charge in [0.25, 0.3) is 11.8 Å². The number of rotatable bonds is 12. The Bertz CT molecular complexity index is 1370. The summed E-state index contributed by atoms with van der Waals surface area (Å²) in [5.41, 5.74) is 0.463. The van der Waals surface area contributed by atoms with Crippen LogP contribution in [0.25, 0.3) is 10.8 Å². The highest BCUT2D eigenvalue weighted by Gasteiger charge is 2.40. The van der Waals surface area contributed by atoms with Crippen LogP contribution in [0.4, 0.5) is 0 Å². The Morgan fingerprint density at radius 1 is 0.933 bits per heavy atom. The molecule has 11 heteroatoms. The van der Waals surface area contributed by atoms with Crippen LogP contribution in [0.3, 0.4) is 0 Å². The number of likely N-dealkylation sites (tertiary alicyclic amines) is 1. The summed E-state index contributed by atoms with van der Waals surface area (Å²) >= 11 is 0. The number of carbonyl (C=O) groups is 5. The Labute approximate surface area is 264 Å². The van der Waals surface area contributed by atoms with Crippen molar-refractivity contribution in [3.63, 3.8) is 0 Å². The van der Waals surface area contributed by atoms with Crippen molar-refractivity contribution in [2.45, 2.75) is 89.4 Å². The summed E-state index contributed by atoms with van der Waals surface area (Å²) in [6.07, 6.45) is 5.22. The van der Waals surface area contributed by atoms with E-state index in [2.05, 4.69) is 20.7 Å². The van der Waals surface area contributed by atoms with Gasteiger partial charge in [0, 0.05) is 12.1 Å². The topological polar surface area (TPSA) is 154 Å². The molecule has 4 N–H and O–H groups in total. The van der Waals surface area contributed by atoms with E-state index in [1.807, 2.05) is 36.4 Å². The first-order valence-corrected chi connectivity index (χ1v) is 16.0. The maximum Gasteiger partial charge on any atom is 0.325 e. The Balaban J connectivity index is 1.48. The summed E-state index contributed by atoms with van der Waals surface area (Å²) in [4.78, 5) is 66.7. The number of hydrogen-bond donors (Lipinski definition) is 4. The minimum Gasteiger partial charge on any atom is -0.468 e.